The third kappa shape index (κ3) is 1.39. The molecule has 0 aromatic heterocycles. The van der Waals surface area contributed by atoms with Crippen LogP contribution in [0.15, 0.2) is 0 Å². The van der Waals surface area contributed by atoms with Crippen LogP contribution in [0.1, 0.15) is 19.3 Å². The summed E-state index contributed by atoms with van der Waals surface area (Å²) in [5.74, 6) is 0.424. The summed E-state index contributed by atoms with van der Waals surface area (Å²) in [6.45, 7) is 1.97. The Labute approximate surface area is 72.7 Å². The van der Waals surface area contributed by atoms with Crippen LogP contribution < -0.4 is 0 Å². The number of nitrogens with zero attached hydrogens (tertiary/aromatic N) is 1. The first-order valence-corrected chi connectivity index (χ1v) is 4.58. The average molecular weight is 169 g/mol. The molecule has 0 bridgehead atoms. The van der Waals surface area contributed by atoms with Gasteiger partial charge in [0.15, 0.2) is 0 Å². The molecule has 2 unspecified atom stereocenters. The molecule has 2 fully saturated rings. The maximum atomic E-state index is 11.1. The SMILES string of the molecule is COC1CC2CC(=O)CCN2C1. The van der Waals surface area contributed by atoms with Gasteiger partial charge in [-0.1, -0.05) is 0 Å². The van der Waals surface area contributed by atoms with Crippen LogP contribution >= 0.6 is 0 Å². The van der Waals surface area contributed by atoms with Gasteiger partial charge in [0, 0.05) is 39.1 Å². The molecule has 2 rings (SSSR count). The molecule has 0 saturated carbocycles. The van der Waals surface area contributed by atoms with E-state index in [1.165, 1.54) is 0 Å². The molecule has 12 heavy (non-hydrogen) atoms. The van der Waals surface area contributed by atoms with E-state index in [9.17, 15) is 4.79 Å². The highest BCUT2D eigenvalue weighted by Gasteiger charge is 2.35. The number of fused-ring (bicyclic) bond motifs is 1. The molecule has 2 aliphatic heterocycles. The van der Waals surface area contributed by atoms with Crippen LogP contribution in [0.2, 0.25) is 0 Å². The predicted molar refractivity (Wildman–Crippen MR) is 45.0 cm³/mol. The topological polar surface area (TPSA) is 29.5 Å². The molecule has 2 heterocycles. The van der Waals surface area contributed by atoms with Gasteiger partial charge < -0.3 is 4.74 Å². The molecular weight excluding hydrogens is 154 g/mol. The second kappa shape index (κ2) is 3.15. The van der Waals surface area contributed by atoms with Gasteiger partial charge in [-0.05, 0) is 6.42 Å². The normalized spacial score (nSPS) is 36.9. The summed E-state index contributed by atoms with van der Waals surface area (Å²) < 4.78 is 5.29. The molecule has 0 aromatic carbocycles. The molecule has 0 aromatic rings. The van der Waals surface area contributed by atoms with Gasteiger partial charge in [0.05, 0.1) is 6.10 Å². The number of methoxy groups -OCH3 is 1. The molecule has 0 aliphatic carbocycles. The Kier molecular flexibility index (Phi) is 2.15. The zero-order valence-electron chi connectivity index (χ0n) is 7.45. The minimum absolute atomic E-state index is 0.362. The Morgan fingerprint density at radius 3 is 3.17 bits per heavy atom. The van der Waals surface area contributed by atoms with Gasteiger partial charge in [-0.3, -0.25) is 9.69 Å². The fraction of sp³-hybridized carbons (Fsp3) is 0.889. The molecule has 0 spiro atoms. The van der Waals surface area contributed by atoms with Crippen molar-refractivity contribution in [1.29, 1.82) is 0 Å². The minimum atomic E-state index is 0.362. The van der Waals surface area contributed by atoms with Crippen molar-refractivity contribution in [2.24, 2.45) is 0 Å². The van der Waals surface area contributed by atoms with Crippen molar-refractivity contribution >= 4 is 5.78 Å². The van der Waals surface area contributed by atoms with Gasteiger partial charge >= 0.3 is 0 Å². The summed E-state index contributed by atoms with van der Waals surface area (Å²) >= 11 is 0. The molecule has 68 valence electrons. The van der Waals surface area contributed by atoms with Gasteiger partial charge in [-0.15, -0.1) is 0 Å². The highest BCUT2D eigenvalue weighted by atomic mass is 16.5. The maximum Gasteiger partial charge on any atom is 0.135 e. The molecule has 3 heteroatoms. The Morgan fingerprint density at radius 2 is 2.42 bits per heavy atom. The minimum Gasteiger partial charge on any atom is -0.380 e. The third-order valence-electron chi connectivity index (χ3n) is 2.96. The smallest absolute Gasteiger partial charge is 0.135 e. The van der Waals surface area contributed by atoms with Crippen molar-refractivity contribution in [1.82, 2.24) is 4.90 Å². The first-order valence-electron chi connectivity index (χ1n) is 4.58. The van der Waals surface area contributed by atoms with Crippen molar-refractivity contribution in [2.45, 2.75) is 31.4 Å². The maximum absolute atomic E-state index is 11.1. The lowest BCUT2D eigenvalue weighted by Crippen LogP contribution is -2.38. The van der Waals surface area contributed by atoms with E-state index in [1.807, 2.05) is 0 Å². The van der Waals surface area contributed by atoms with Crippen molar-refractivity contribution in [2.75, 3.05) is 20.2 Å². The number of ether oxygens (including phenoxy) is 1. The highest BCUT2D eigenvalue weighted by molar-refractivity contribution is 5.80. The van der Waals surface area contributed by atoms with E-state index in [-0.39, 0.29) is 0 Å². The van der Waals surface area contributed by atoms with E-state index in [4.69, 9.17) is 4.74 Å². The number of ketones is 1. The number of hydrogen-bond donors (Lipinski definition) is 0. The van der Waals surface area contributed by atoms with Crippen LogP contribution in [0.5, 0.6) is 0 Å². The van der Waals surface area contributed by atoms with E-state index < -0.39 is 0 Å². The van der Waals surface area contributed by atoms with Gasteiger partial charge in [-0.25, -0.2) is 0 Å². The summed E-state index contributed by atoms with van der Waals surface area (Å²) in [5, 5.41) is 0. The number of carbonyl (C=O) groups is 1. The van der Waals surface area contributed by atoms with Crippen LogP contribution in [0.3, 0.4) is 0 Å². The second-order valence-corrected chi connectivity index (χ2v) is 3.73. The van der Waals surface area contributed by atoms with Crippen LogP contribution in [0.25, 0.3) is 0 Å². The van der Waals surface area contributed by atoms with Crippen LogP contribution in [-0.4, -0.2) is 43.0 Å². The molecule has 0 N–H and O–H groups in total. The fourth-order valence-corrected chi connectivity index (χ4v) is 2.23. The number of carbonyl (C=O) groups excluding carboxylic acids is 1. The van der Waals surface area contributed by atoms with Crippen molar-refractivity contribution in [3.8, 4) is 0 Å². The Morgan fingerprint density at radius 1 is 1.58 bits per heavy atom. The van der Waals surface area contributed by atoms with E-state index in [0.717, 1.165) is 32.4 Å². The van der Waals surface area contributed by atoms with Gasteiger partial charge in [0.2, 0.25) is 0 Å². The summed E-state index contributed by atoms with van der Waals surface area (Å²) in [5.41, 5.74) is 0. The second-order valence-electron chi connectivity index (χ2n) is 3.73. The predicted octanol–water partition coefficient (Wildman–Crippen LogP) is 0.439. The van der Waals surface area contributed by atoms with E-state index >= 15 is 0 Å². The summed E-state index contributed by atoms with van der Waals surface area (Å²) in [4.78, 5) is 13.5. The number of piperidine rings is 1. The summed E-state index contributed by atoms with van der Waals surface area (Å²) in [7, 11) is 1.75. The zero-order chi connectivity index (χ0) is 8.55. The molecule has 0 radical (unpaired) electrons. The van der Waals surface area contributed by atoms with E-state index in [2.05, 4.69) is 4.90 Å². The number of rotatable bonds is 1. The third-order valence-corrected chi connectivity index (χ3v) is 2.96. The van der Waals surface area contributed by atoms with Crippen LogP contribution in [0.4, 0.5) is 0 Å². The van der Waals surface area contributed by atoms with E-state index in [1.54, 1.807) is 7.11 Å². The lowest BCUT2D eigenvalue weighted by Gasteiger charge is -2.27. The van der Waals surface area contributed by atoms with Crippen LogP contribution in [0, 0.1) is 0 Å². The quantitative estimate of drug-likeness (QED) is 0.570. The number of hydrogen-bond acceptors (Lipinski definition) is 3. The molecule has 2 atom stereocenters. The first-order chi connectivity index (χ1) is 5.79. The molecule has 0 amide bonds. The zero-order valence-corrected chi connectivity index (χ0v) is 7.45. The summed E-state index contributed by atoms with van der Waals surface area (Å²) in [6.07, 6.45) is 2.90. The standard InChI is InChI=1S/C9H15NO2/c1-12-9-5-7-4-8(11)2-3-10(7)6-9/h7,9H,2-6H2,1H3. The number of Topliss-reactive ketones (excluding diaryl/α,β-unsaturated/α-hetero) is 1. The van der Waals surface area contributed by atoms with Crippen molar-refractivity contribution < 1.29 is 9.53 Å². The lowest BCUT2D eigenvalue weighted by molar-refractivity contribution is -0.122. The highest BCUT2D eigenvalue weighted by Crippen LogP contribution is 2.26. The molecular formula is C9H15NO2. The Hall–Kier alpha value is -0.410. The Balaban J connectivity index is 1.97. The average Bonchev–Trinajstić information content (AvgIpc) is 2.46. The van der Waals surface area contributed by atoms with Crippen LogP contribution in [-0.2, 0) is 9.53 Å². The van der Waals surface area contributed by atoms with Gasteiger partial charge in [0.25, 0.3) is 0 Å². The Bertz CT molecular complexity index is 193. The molecule has 2 saturated heterocycles. The van der Waals surface area contributed by atoms with E-state index in [0.29, 0.717) is 17.9 Å². The van der Waals surface area contributed by atoms with Gasteiger partial charge in [-0.2, -0.15) is 0 Å². The lowest BCUT2D eigenvalue weighted by atomic mass is 10.0. The summed E-state index contributed by atoms with van der Waals surface area (Å²) in [6, 6.07) is 0.483. The van der Waals surface area contributed by atoms with Crippen molar-refractivity contribution in [3.63, 3.8) is 0 Å². The molecule has 2 aliphatic rings. The molecule has 3 nitrogen and oxygen atoms in total. The monoisotopic (exact) mass is 169 g/mol. The largest absolute Gasteiger partial charge is 0.380 e. The first kappa shape index (κ1) is 8.20. The van der Waals surface area contributed by atoms with Crippen molar-refractivity contribution in [3.05, 3.63) is 0 Å². The van der Waals surface area contributed by atoms with Gasteiger partial charge in [0.1, 0.15) is 5.78 Å². The fourth-order valence-electron chi connectivity index (χ4n) is 2.23.